The number of aryl methyl sites for hydroxylation is 2. The van der Waals surface area contributed by atoms with Crippen LogP contribution < -0.4 is 11.3 Å². The first kappa shape index (κ1) is 15.0. The van der Waals surface area contributed by atoms with E-state index in [1.807, 2.05) is 32.0 Å². The van der Waals surface area contributed by atoms with E-state index in [9.17, 15) is 13.2 Å². The van der Waals surface area contributed by atoms with Crippen molar-refractivity contribution in [3.63, 3.8) is 0 Å². The molecule has 0 radical (unpaired) electrons. The van der Waals surface area contributed by atoms with Gasteiger partial charge in [-0.3, -0.25) is 5.84 Å². The average Bonchev–Trinajstić information content (AvgIpc) is 2.82. The molecule has 1 heterocycles. The Morgan fingerprint density at radius 2 is 2.00 bits per heavy atom. The van der Waals surface area contributed by atoms with Crippen molar-refractivity contribution >= 4 is 11.3 Å². The number of nitrogens with one attached hydrogen (secondary N) is 1. The quantitative estimate of drug-likeness (QED) is 0.675. The maximum absolute atomic E-state index is 12.6. The van der Waals surface area contributed by atoms with Crippen LogP contribution in [0.2, 0.25) is 0 Å². The predicted molar refractivity (Wildman–Crippen MR) is 72.2 cm³/mol. The van der Waals surface area contributed by atoms with Crippen molar-refractivity contribution in [1.82, 2.24) is 10.4 Å². The van der Waals surface area contributed by atoms with E-state index >= 15 is 0 Å². The number of nitrogens with two attached hydrogens (primary N) is 1. The zero-order valence-electron chi connectivity index (χ0n) is 11.0. The van der Waals surface area contributed by atoms with E-state index in [1.165, 1.54) is 6.20 Å². The SMILES string of the molecule is Cc1ccc(C(NN)c2cnc(C(F)(F)F)s2)c(C)c1. The maximum atomic E-state index is 12.6. The Morgan fingerprint density at radius 1 is 1.30 bits per heavy atom. The molecule has 0 saturated heterocycles. The van der Waals surface area contributed by atoms with Crippen LogP contribution in [-0.4, -0.2) is 4.98 Å². The Morgan fingerprint density at radius 3 is 2.50 bits per heavy atom. The summed E-state index contributed by atoms with van der Waals surface area (Å²) in [5.74, 6) is 5.51. The minimum atomic E-state index is -4.43. The number of benzene rings is 1. The second kappa shape index (κ2) is 5.51. The number of thiazole rings is 1. The molecule has 108 valence electrons. The molecule has 7 heteroatoms. The molecule has 0 spiro atoms. The van der Waals surface area contributed by atoms with Crippen molar-refractivity contribution in [2.24, 2.45) is 5.84 Å². The van der Waals surface area contributed by atoms with Crippen molar-refractivity contribution in [2.45, 2.75) is 26.1 Å². The van der Waals surface area contributed by atoms with E-state index in [0.717, 1.165) is 16.7 Å². The first-order valence-corrected chi connectivity index (χ1v) is 6.70. The van der Waals surface area contributed by atoms with Crippen molar-refractivity contribution in [1.29, 1.82) is 0 Å². The topological polar surface area (TPSA) is 50.9 Å². The number of hydrogen-bond acceptors (Lipinski definition) is 4. The molecule has 0 fully saturated rings. The number of rotatable bonds is 3. The molecule has 3 N–H and O–H groups in total. The lowest BCUT2D eigenvalue weighted by atomic mass is 9.99. The summed E-state index contributed by atoms with van der Waals surface area (Å²) in [6.07, 6.45) is -3.21. The minimum absolute atomic E-state index is 0.437. The maximum Gasteiger partial charge on any atom is 0.443 e. The standard InChI is InChI=1S/C13H14F3N3S/c1-7-3-4-9(8(2)5-7)11(19-17)10-6-18-12(20-10)13(14,15)16/h3-6,11,19H,17H2,1-2H3. The van der Waals surface area contributed by atoms with Crippen LogP contribution in [0.15, 0.2) is 24.4 Å². The molecule has 20 heavy (non-hydrogen) atoms. The Bertz CT molecular complexity index is 607. The van der Waals surface area contributed by atoms with Gasteiger partial charge in [-0.25, -0.2) is 10.4 Å². The molecule has 0 aliphatic rings. The number of nitrogens with zero attached hydrogens (tertiary/aromatic N) is 1. The van der Waals surface area contributed by atoms with Gasteiger partial charge in [0.25, 0.3) is 0 Å². The molecule has 0 aliphatic heterocycles. The van der Waals surface area contributed by atoms with E-state index < -0.39 is 17.2 Å². The molecular weight excluding hydrogens is 287 g/mol. The van der Waals surface area contributed by atoms with Crippen LogP contribution in [0.1, 0.15) is 32.6 Å². The molecule has 0 bridgehead atoms. The third kappa shape index (κ3) is 3.00. The van der Waals surface area contributed by atoms with Crippen molar-refractivity contribution in [3.05, 3.63) is 51.0 Å². The lowest BCUT2D eigenvalue weighted by molar-refractivity contribution is -0.137. The Labute approximate surface area is 118 Å². The van der Waals surface area contributed by atoms with Gasteiger partial charge in [0.2, 0.25) is 0 Å². The Balaban J connectivity index is 2.40. The van der Waals surface area contributed by atoms with Crippen LogP contribution in [0.3, 0.4) is 0 Å². The highest BCUT2D eigenvalue weighted by Crippen LogP contribution is 2.36. The third-order valence-electron chi connectivity index (χ3n) is 2.95. The number of alkyl halides is 3. The molecule has 1 atom stereocenters. The monoisotopic (exact) mass is 301 g/mol. The molecule has 0 amide bonds. The number of hydrazine groups is 1. The highest BCUT2D eigenvalue weighted by molar-refractivity contribution is 7.11. The highest BCUT2D eigenvalue weighted by atomic mass is 32.1. The van der Waals surface area contributed by atoms with Gasteiger partial charge in [-0.1, -0.05) is 23.8 Å². The van der Waals surface area contributed by atoms with Crippen LogP contribution in [-0.2, 0) is 6.18 Å². The molecule has 0 saturated carbocycles. The van der Waals surface area contributed by atoms with Gasteiger partial charge < -0.3 is 0 Å². The van der Waals surface area contributed by atoms with E-state index in [0.29, 0.717) is 16.2 Å². The van der Waals surface area contributed by atoms with Crippen LogP contribution in [0.5, 0.6) is 0 Å². The summed E-state index contributed by atoms with van der Waals surface area (Å²) in [7, 11) is 0. The first-order chi connectivity index (χ1) is 9.32. The highest BCUT2D eigenvalue weighted by Gasteiger charge is 2.35. The molecule has 2 rings (SSSR count). The normalized spacial score (nSPS) is 13.5. The summed E-state index contributed by atoms with van der Waals surface area (Å²) in [4.78, 5) is 3.86. The largest absolute Gasteiger partial charge is 0.443 e. The second-order valence-electron chi connectivity index (χ2n) is 4.53. The van der Waals surface area contributed by atoms with E-state index in [2.05, 4.69) is 10.4 Å². The summed E-state index contributed by atoms with van der Waals surface area (Å²) in [5.41, 5.74) is 5.46. The zero-order valence-corrected chi connectivity index (χ0v) is 11.8. The summed E-state index contributed by atoms with van der Waals surface area (Å²) in [6, 6.07) is 5.23. The van der Waals surface area contributed by atoms with Gasteiger partial charge in [0.15, 0.2) is 5.01 Å². The number of aromatic nitrogens is 1. The molecular formula is C13H14F3N3S. The average molecular weight is 301 g/mol. The van der Waals surface area contributed by atoms with E-state index in [1.54, 1.807) is 0 Å². The fourth-order valence-electron chi connectivity index (χ4n) is 2.03. The molecule has 0 aliphatic carbocycles. The Kier molecular flexibility index (Phi) is 4.12. The van der Waals surface area contributed by atoms with Gasteiger partial charge in [0, 0.05) is 11.1 Å². The lowest BCUT2D eigenvalue weighted by Crippen LogP contribution is -2.28. The summed E-state index contributed by atoms with van der Waals surface area (Å²) < 4.78 is 37.8. The minimum Gasteiger partial charge on any atom is -0.271 e. The van der Waals surface area contributed by atoms with Gasteiger partial charge in [-0.2, -0.15) is 13.2 Å². The third-order valence-corrected chi connectivity index (χ3v) is 4.06. The van der Waals surface area contributed by atoms with Crippen molar-refractivity contribution in [2.75, 3.05) is 0 Å². The fourth-order valence-corrected chi connectivity index (χ4v) is 2.89. The molecule has 1 unspecified atom stereocenters. The smallest absolute Gasteiger partial charge is 0.271 e. The predicted octanol–water partition coefficient (Wildman–Crippen LogP) is 3.33. The molecule has 2 aromatic rings. The molecule has 3 nitrogen and oxygen atoms in total. The zero-order chi connectivity index (χ0) is 14.9. The van der Waals surface area contributed by atoms with Crippen molar-refractivity contribution in [3.8, 4) is 0 Å². The van der Waals surface area contributed by atoms with Crippen molar-refractivity contribution < 1.29 is 13.2 Å². The summed E-state index contributed by atoms with van der Waals surface area (Å²) >= 11 is 0.602. The number of hydrogen-bond donors (Lipinski definition) is 2. The first-order valence-electron chi connectivity index (χ1n) is 5.89. The summed E-state index contributed by atoms with van der Waals surface area (Å²) in [6.45, 7) is 3.86. The molecule has 1 aromatic heterocycles. The van der Waals surface area contributed by atoms with Crippen LogP contribution in [0, 0.1) is 13.8 Å². The van der Waals surface area contributed by atoms with Gasteiger partial charge in [-0.05, 0) is 25.0 Å². The lowest BCUT2D eigenvalue weighted by Gasteiger charge is -2.17. The van der Waals surface area contributed by atoms with Gasteiger partial charge in [0.1, 0.15) is 0 Å². The van der Waals surface area contributed by atoms with Gasteiger partial charge in [-0.15, -0.1) is 11.3 Å². The molecule has 1 aromatic carbocycles. The Hall–Kier alpha value is -1.44. The summed E-state index contributed by atoms with van der Waals surface area (Å²) in [5, 5.41) is -0.863. The second-order valence-corrected chi connectivity index (χ2v) is 5.59. The van der Waals surface area contributed by atoms with Gasteiger partial charge in [0.05, 0.1) is 6.04 Å². The fraction of sp³-hybridized carbons (Fsp3) is 0.308. The van der Waals surface area contributed by atoms with Crippen LogP contribution in [0.25, 0.3) is 0 Å². The van der Waals surface area contributed by atoms with Crippen LogP contribution in [0.4, 0.5) is 13.2 Å². The van der Waals surface area contributed by atoms with Gasteiger partial charge >= 0.3 is 6.18 Å². The van der Waals surface area contributed by atoms with E-state index in [4.69, 9.17) is 5.84 Å². The number of halogens is 3. The van der Waals surface area contributed by atoms with E-state index in [-0.39, 0.29) is 0 Å². The van der Waals surface area contributed by atoms with Crippen LogP contribution >= 0.6 is 11.3 Å².